The molecule has 1 aliphatic rings. The predicted octanol–water partition coefficient (Wildman–Crippen LogP) is 2.21. The summed E-state index contributed by atoms with van der Waals surface area (Å²) in [6, 6.07) is 5.37. The average Bonchev–Trinajstić information content (AvgIpc) is 2.46. The zero-order valence-electron chi connectivity index (χ0n) is 14.3. The number of nitrogens with one attached hydrogen (secondary N) is 1. The molecule has 3 N–H and O–H groups in total. The quantitative estimate of drug-likeness (QED) is 0.659. The Morgan fingerprint density at radius 2 is 2.00 bits per heavy atom. The highest BCUT2D eigenvalue weighted by atomic mass is 16.2. The van der Waals surface area contributed by atoms with Gasteiger partial charge in [0.05, 0.1) is 0 Å². The minimum absolute atomic E-state index is 0.0804. The first-order valence-corrected chi connectivity index (χ1v) is 8.16. The van der Waals surface area contributed by atoms with Crippen molar-refractivity contribution in [2.75, 3.05) is 18.8 Å². The van der Waals surface area contributed by atoms with E-state index < -0.39 is 0 Å². The summed E-state index contributed by atoms with van der Waals surface area (Å²) in [4.78, 5) is 25.7. The normalized spacial score (nSPS) is 17.0. The SMILES string of the molecule is CC(C)(C)NC(=O)C1CCN(Cc2cc(N)ccc2C=O)CC1. The van der Waals surface area contributed by atoms with Crippen LogP contribution in [0.3, 0.4) is 0 Å². The number of hydrogen-bond acceptors (Lipinski definition) is 4. The van der Waals surface area contributed by atoms with Gasteiger partial charge in [0, 0.05) is 29.3 Å². The van der Waals surface area contributed by atoms with Gasteiger partial charge in [0.1, 0.15) is 6.29 Å². The molecule has 1 heterocycles. The number of carbonyl (C=O) groups is 2. The minimum atomic E-state index is -0.186. The maximum absolute atomic E-state index is 12.2. The number of nitrogen functional groups attached to an aromatic ring is 1. The summed E-state index contributed by atoms with van der Waals surface area (Å²) >= 11 is 0. The maximum atomic E-state index is 12.2. The van der Waals surface area contributed by atoms with Crippen molar-refractivity contribution in [2.24, 2.45) is 5.92 Å². The average molecular weight is 317 g/mol. The van der Waals surface area contributed by atoms with Gasteiger partial charge in [0.2, 0.25) is 5.91 Å². The highest BCUT2D eigenvalue weighted by Crippen LogP contribution is 2.22. The van der Waals surface area contributed by atoms with Gasteiger partial charge in [-0.15, -0.1) is 0 Å². The summed E-state index contributed by atoms with van der Waals surface area (Å²) < 4.78 is 0. The molecular formula is C18H27N3O2. The number of likely N-dealkylation sites (tertiary alicyclic amines) is 1. The number of nitrogens with two attached hydrogens (primary N) is 1. The first-order chi connectivity index (χ1) is 10.8. The van der Waals surface area contributed by atoms with Crippen LogP contribution in [0.1, 0.15) is 49.5 Å². The summed E-state index contributed by atoms with van der Waals surface area (Å²) in [5, 5.41) is 3.06. The molecule has 2 rings (SSSR count). The molecule has 1 amide bonds. The Hall–Kier alpha value is -1.88. The maximum Gasteiger partial charge on any atom is 0.223 e. The Kier molecular flexibility index (Phi) is 5.42. The third kappa shape index (κ3) is 5.06. The van der Waals surface area contributed by atoms with E-state index in [0.717, 1.165) is 37.8 Å². The monoisotopic (exact) mass is 317 g/mol. The molecule has 0 bridgehead atoms. The molecule has 1 aromatic rings. The molecule has 5 heteroatoms. The first kappa shape index (κ1) is 17.5. The molecule has 0 unspecified atom stereocenters. The number of carbonyl (C=O) groups excluding carboxylic acids is 2. The molecule has 0 aromatic heterocycles. The van der Waals surface area contributed by atoms with Crippen molar-refractivity contribution in [2.45, 2.75) is 45.7 Å². The van der Waals surface area contributed by atoms with Crippen molar-refractivity contribution >= 4 is 17.9 Å². The zero-order valence-corrected chi connectivity index (χ0v) is 14.3. The summed E-state index contributed by atoms with van der Waals surface area (Å²) in [5.74, 6) is 0.228. The van der Waals surface area contributed by atoms with Crippen LogP contribution in [0.25, 0.3) is 0 Å². The van der Waals surface area contributed by atoms with Gasteiger partial charge in [-0.2, -0.15) is 0 Å². The van der Waals surface area contributed by atoms with Gasteiger partial charge in [0.25, 0.3) is 0 Å². The standard InChI is InChI=1S/C18H27N3O2/c1-18(2,3)20-17(23)13-6-8-21(9-7-13)11-15-10-16(19)5-4-14(15)12-22/h4-5,10,12-13H,6-9,11,19H2,1-3H3,(H,20,23). The Bertz CT molecular complexity index is 570. The minimum Gasteiger partial charge on any atom is -0.399 e. The Balaban J connectivity index is 1.91. The predicted molar refractivity (Wildman–Crippen MR) is 92.1 cm³/mol. The van der Waals surface area contributed by atoms with Gasteiger partial charge in [-0.1, -0.05) is 0 Å². The van der Waals surface area contributed by atoms with E-state index in [1.165, 1.54) is 0 Å². The topological polar surface area (TPSA) is 75.4 Å². The lowest BCUT2D eigenvalue weighted by molar-refractivity contribution is -0.127. The fourth-order valence-corrected chi connectivity index (χ4v) is 2.94. The third-order valence-electron chi connectivity index (χ3n) is 4.14. The van der Waals surface area contributed by atoms with Gasteiger partial charge in [-0.05, 0) is 70.5 Å². The molecule has 5 nitrogen and oxygen atoms in total. The van der Waals surface area contributed by atoms with E-state index >= 15 is 0 Å². The van der Waals surface area contributed by atoms with Gasteiger partial charge in [-0.25, -0.2) is 0 Å². The fraction of sp³-hybridized carbons (Fsp3) is 0.556. The van der Waals surface area contributed by atoms with E-state index in [9.17, 15) is 9.59 Å². The van der Waals surface area contributed by atoms with Gasteiger partial charge in [0.15, 0.2) is 0 Å². The smallest absolute Gasteiger partial charge is 0.223 e. The molecular weight excluding hydrogens is 290 g/mol. The number of piperidine rings is 1. The molecule has 1 fully saturated rings. The lowest BCUT2D eigenvalue weighted by atomic mass is 9.94. The molecule has 1 aliphatic heterocycles. The van der Waals surface area contributed by atoms with Gasteiger partial charge in [-0.3, -0.25) is 14.5 Å². The van der Waals surface area contributed by atoms with E-state index in [1.807, 2.05) is 26.8 Å². The molecule has 0 radical (unpaired) electrons. The highest BCUT2D eigenvalue weighted by Gasteiger charge is 2.27. The van der Waals surface area contributed by atoms with Crippen molar-refractivity contribution < 1.29 is 9.59 Å². The second kappa shape index (κ2) is 7.13. The second-order valence-electron chi connectivity index (χ2n) is 7.37. The molecule has 23 heavy (non-hydrogen) atoms. The van der Waals surface area contributed by atoms with Gasteiger partial charge >= 0.3 is 0 Å². The summed E-state index contributed by atoms with van der Waals surface area (Å²) in [6.45, 7) is 8.42. The number of nitrogens with zero attached hydrogens (tertiary/aromatic N) is 1. The van der Waals surface area contributed by atoms with Crippen molar-refractivity contribution in [3.8, 4) is 0 Å². The van der Waals surface area contributed by atoms with Crippen LogP contribution >= 0.6 is 0 Å². The second-order valence-corrected chi connectivity index (χ2v) is 7.37. The van der Waals surface area contributed by atoms with Crippen LogP contribution in [0.4, 0.5) is 5.69 Å². The number of amides is 1. The molecule has 1 saturated heterocycles. The van der Waals surface area contributed by atoms with Crippen LogP contribution in [-0.4, -0.2) is 35.7 Å². The van der Waals surface area contributed by atoms with Crippen molar-refractivity contribution in [3.05, 3.63) is 29.3 Å². The van der Waals surface area contributed by atoms with Crippen LogP contribution in [0.5, 0.6) is 0 Å². The number of anilines is 1. The van der Waals surface area contributed by atoms with Crippen molar-refractivity contribution in [1.29, 1.82) is 0 Å². The molecule has 126 valence electrons. The number of benzene rings is 1. The van der Waals surface area contributed by atoms with E-state index in [-0.39, 0.29) is 17.4 Å². The Labute approximate surface area is 138 Å². The molecule has 0 aliphatic carbocycles. The van der Waals surface area contributed by atoms with Crippen molar-refractivity contribution in [3.63, 3.8) is 0 Å². The number of rotatable bonds is 4. The van der Waals surface area contributed by atoms with E-state index in [4.69, 9.17) is 5.73 Å². The number of aldehydes is 1. The molecule has 0 atom stereocenters. The summed E-state index contributed by atoms with van der Waals surface area (Å²) in [7, 11) is 0. The van der Waals surface area contributed by atoms with Crippen LogP contribution in [0.2, 0.25) is 0 Å². The molecule has 0 spiro atoms. The van der Waals surface area contributed by atoms with Crippen LogP contribution in [0, 0.1) is 5.92 Å². The fourth-order valence-electron chi connectivity index (χ4n) is 2.94. The molecule has 1 aromatic carbocycles. The zero-order chi connectivity index (χ0) is 17.0. The highest BCUT2D eigenvalue weighted by molar-refractivity contribution is 5.79. The van der Waals surface area contributed by atoms with E-state index in [2.05, 4.69) is 10.2 Å². The van der Waals surface area contributed by atoms with E-state index in [1.54, 1.807) is 12.1 Å². The lowest BCUT2D eigenvalue weighted by Gasteiger charge is -2.33. The largest absolute Gasteiger partial charge is 0.399 e. The lowest BCUT2D eigenvalue weighted by Crippen LogP contribution is -2.46. The van der Waals surface area contributed by atoms with E-state index in [0.29, 0.717) is 17.8 Å². The number of hydrogen-bond donors (Lipinski definition) is 2. The molecule has 0 saturated carbocycles. The summed E-state index contributed by atoms with van der Waals surface area (Å²) in [6.07, 6.45) is 2.57. The van der Waals surface area contributed by atoms with Gasteiger partial charge < -0.3 is 11.1 Å². The Morgan fingerprint density at radius 1 is 1.35 bits per heavy atom. The van der Waals surface area contributed by atoms with Crippen LogP contribution < -0.4 is 11.1 Å². The first-order valence-electron chi connectivity index (χ1n) is 8.16. The third-order valence-corrected chi connectivity index (χ3v) is 4.14. The van der Waals surface area contributed by atoms with Crippen molar-refractivity contribution in [1.82, 2.24) is 10.2 Å². The summed E-state index contributed by atoms with van der Waals surface area (Å²) in [5.41, 5.74) is 7.95. The van der Waals surface area contributed by atoms with Crippen LogP contribution in [0.15, 0.2) is 18.2 Å². The Morgan fingerprint density at radius 3 is 2.57 bits per heavy atom. The van der Waals surface area contributed by atoms with Crippen LogP contribution in [-0.2, 0) is 11.3 Å².